The lowest BCUT2D eigenvalue weighted by molar-refractivity contribution is -0.148. The lowest BCUT2D eigenvalue weighted by Gasteiger charge is -2.24. The first-order chi connectivity index (χ1) is 16.6. The summed E-state index contributed by atoms with van der Waals surface area (Å²) in [5.74, 6) is 0.481. The molecule has 0 N–H and O–H groups in total. The summed E-state index contributed by atoms with van der Waals surface area (Å²) >= 11 is 2.87. The van der Waals surface area contributed by atoms with Gasteiger partial charge < -0.3 is 13.6 Å². The average molecular weight is 493 g/mol. The molecule has 4 heterocycles. The molecule has 1 unspecified atom stereocenters. The maximum Gasteiger partial charge on any atom is 0.309 e. The summed E-state index contributed by atoms with van der Waals surface area (Å²) < 4.78 is 16.1. The van der Waals surface area contributed by atoms with Crippen LogP contribution in [0.5, 0.6) is 0 Å². The molecule has 1 atom stereocenters. The van der Waals surface area contributed by atoms with Crippen molar-refractivity contribution in [1.29, 1.82) is 0 Å². The molecule has 1 fully saturated rings. The number of allylic oxidation sites excluding steroid dienone is 2. The average Bonchev–Trinajstić information content (AvgIpc) is 3.63. The van der Waals surface area contributed by atoms with Crippen molar-refractivity contribution in [3.63, 3.8) is 0 Å². The zero-order valence-corrected chi connectivity index (χ0v) is 19.9. The number of Topliss-reactive ketones (excluding diaryl/α,β-unsaturated/α-hetero) is 1. The number of nitrogens with zero attached hydrogens (tertiary/aromatic N) is 2. The number of carbonyl (C=O) groups excluding carboxylic acids is 2. The molecule has 1 aliphatic carbocycles. The zero-order valence-electron chi connectivity index (χ0n) is 18.2. The van der Waals surface area contributed by atoms with Crippen LogP contribution in [-0.4, -0.2) is 28.3 Å². The topological polar surface area (TPSA) is 95.4 Å². The monoisotopic (exact) mass is 492 g/mol. The van der Waals surface area contributed by atoms with Crippen molar-refractivity contribution in [2.75, 3.05) is 6.61 Å². The highest BCUT2D eigenvalue weighted by atomic mass is 32.1. The Morgan fingerprint density at radius 3 is 1.97 bits per heavy atom. The standard InChI is InChI=1S/C25H20N2O5S2/c1-2-30-25(29)17-9-15(11-18-13-33-23(26-18)20-5-3-7-31-20)22(28)16(10-17)12-19-14-34-24(27-19)21-6-4-8-32-21/h3-8,11-14,17H,2,9-10H2,1H3/b15-11-,16-12+. The molecule has 4 aromatic heterocycles. The number of ether oxygens (including phenoxy) is 1. The molecule has 0 spiro atoms. The minimum Gasteiger partial charge on any atom is -0.466 e. The third kappa shape index (κ3) is 4.71. The second-order valence-corrected chi connectivity index (χ2v) is 9.35. The van der Waals surface area contributed by atoms with Crippen molar-refractivity contribution in [3.05, 3.63) is 70.1 Å². The van der Waals surface area contributed by atoms with E-state index in [-0.39, 0.29) is 11.8 Å². The van der Waals surface area contributed by atoms with E-state index in [2.05, 4.69) is 9.97 Å². The fourth-order valence-corrected chi connectivity index (χ4v) is 5.25. The molecule has 0 bridgehead atoms. The second kappa shape index (κ2) is 9.74. The summed E-state index contributed by atoms with van der Waals surface area (Å²) in [6, 6.07) is 7.28. The van der Waals surface area contributed by atoms with Crippen molar-refractivity contribution in [2.45, 2.75) is 19.8 Å². The highest BCUT2D eigenvalue weighted by Crippen LogP contribution is 2.35. The molecule has 0 amide bonds. The van der Waals surface area contributed by atoms with Gasteiger partial charge in [-0.2, -0.15) is 0 Å². The van der Waals surface area contributed by atoms with Crippen molar-refractivity contribution in [2.24, 2.45) is 5.92 Å². The van der Waals surface area contributed by atoms with E-state index in [9.17, 15) is 9.59 Å². The van der Waals surface area contributed by atoms with Crippen LogP contribution < -0.4 is 0 Å². The van der Waals surface area contributed by atoms with Crippen LogP contribution in [0.25, 0.3) is 33.7 Å². The number of thiazole rings is 2. The van der Waals surface area contributed by atoms with Gasteiger partial charge in [-0.05, 0) is 56.2 Å². The molecule has 0 saturated heterocycles. The van der Waals surface area contributed by atoms with Crippen LogP contribution >= 0.6 is 22.7 Å². The maximum atomic E-state index is 13.4. The van der Waals surface area contributed by atoms with Crippen molar-refractivity contribution >= 4 is 46.6 Å². The summed E-state index contributed by atoms with van der Waals surface area (Å²) in [4.78, 5) is 35.1. The molecule has 0 aliphatic heterocycles. The molecule has 7 nitrogen and oxygen atoms in total. The number of ketones is 1. The Morgan fingerprint density at radius 2 is 1.53 bits per heavy atom. The number of hydrogen-bond acceptors (Lipinski definition) is 9. The largest absolute Gasteiger partial charge is 0.466 e. The van der Waals surface area contributed by atoms with Crippen molar-refractivity contribution < 1.29 is 23.2 Å². The van der Waals surface area contributed by atoms with Gasteiger partial charge in [-0.25, -0.2) is 9.97 Å². The Kier molecular flexibility index (Phi) is 6.37. The summed E-state index contributed by atoms with van der Waals surface area (Å²) in [6.07, 6.45) is 7.29. The molecule has 1 saturated carbocycles. The fraction of sp³-hybridized carbons (Fsp3) is 0.200. The Hall–Kier alpha value is -3.56. The summed E-state index contributed by atoms with van der Waals surface area (Å²) in [7, 11) is 0. The molecular formula is C25H20N2O5S2. The van der Waals surface area contributed by atoms with Gasteiger partial charge in [0.15, 0.2) is 27.3 Å². The van der Waals surface area contributed by atoms with E-state index < -0.39 is 5.92 Å². The molecule has 9 heteroatoms. The smallest absolute Gasteiger partial charge is 0.309 e. The SMILES string of the molecule is CCOC(=O)C1C/C(=C/c2csc(-c3ccco3)n2)C(=O)/C(=C/c2csc(-c3ccco3)n2)C1. The normalized spacial score (nSPS) is 18.6. The van der Waals surface area contributed by atoms with Gasteiger partial charge in [-0.15, -0.1) is 22.7 Å². The first-order valence-electron chi connectivity index (χ1n) is 10.7. The summed E-state index contributed by atoms with van der Waals surface area (Å²) in [5, 5.41) is 5.19. The molecular weight excluding hydrogens is 472 g/mol. The van der Waals surface area contributed by atoms with E-state index in [0.29, 0.717) is 53.5 Å². The molecule has 0 radical (unpaired) electrons. The zero-order chi connectivity index (χ0) is 23.5. The minimum absolute atomic E-state index is 0.111. The Bertz CT molecular complexity index is 1270. The van der Waals surface area contributed by atoms with Gasteiger partial charge in [0.25, 0.3) is 0 Å². The highest BCUT2D eigenvalue weighted by Gasteiger charge is 2.33. The van der Waals surface area contributed by atoms with Gasteiger partial charge in [0, 0.05) is 21.9 Å². The van der Waals surface area contributed by atoms with Crippen LogP contribution in [-0.2, 0) is 14.3 Å². The van der Waals surface area contributed by atoms with Crippen molar-refractivity contribution in [1.82, 2.24) is 9.97 Å². The van der Waals surface area contributed by atoms with Crippen LogP contribution in [0.4, 0.5) is 0 Å². The van der Waals surface area contributed by atoms with E-state index in [1.165, 1.54) is 22.7 Å². The number of aromatic nitrogens is 2. The van der Waals surface area contributed by atoms with Gasteiger partial charge in [-0.1, -0.05) is 0 Å². The number of carbonyl (C=O) groups is 2. The second-order valence-electron chi connectivity index (χ2n) is 7.64. The van der Waals surface area contributed by atoms with Crippen LogP contribution in [0.2, 0.25) is 0 Å². The first kappa shape index (κ1) is 22.2. The molecule has 172 valence electrons. The lowest BCUT2D eigenvalue weighted by atomic mass is 9.80. The predicted octanol–water partition coefficient (Wildman–Crippen LogP) is 6.13. The maximum absolute atomic E-state index is 13.4. The number of furan rings is 2. The van der Waals surface area contributed by atoms with Gasteiger partial charge in [0.2, 0.25) is 0 Å². The van der Waals surface area contributed by atoms with E-state index in [1.54, 1.807) is 43.7 Å². The summed E-state index contributed by atoms with van der Waals surface area (Å²) in [6.45, 7) is 2.06. The number of rotatable bonds is 6. The first-order valence-corrected chi connectivity index (χ1v) is 12.5. The number of hydrogen-bond donors (Lipinski definition) is 0. The third-order valence-corrected chi connectivity index (χ3v) is 7.04. The molecule has 5 rings (SSSR count). The molecule has 34 heavy (non-hydrogen) atoms. The lowest BCUT2D eigenvalue weighted by Crippen LogP contribution is -2.27. The van der Waals surface area contributed by atoms with E-state index in [0.717, 1.165) is 10.0 Å². The molecule has 4 aromatic rings. The van der Waals surface area contributed by atoms with Gasteiger partial charge in [-0.3, -0.25) is 9.59 Å². The molecule has 0 aromatic carbocycles. The third-order valence-electron chi connectivity index (χ3n) is 5.29. The summed E-state index contributed by atoms with van der Waals surface area (Å²) in [5.41, 5.74) is 2.34. The Labute approximate surface area is 203 Å². The Morgan fingerprint density at radius 1 is 1.00 bits per heavy atom. The number of esters is 1. The highest BCUT2D eigenvalue weighted by molar-refractivity contribution is 7.13. The van der Waals surface area contributed by atoms with Crippen LogP contribution in [0.3, 0.4) is 0 Å². The molecule has 1 aliphatic rings. The van der Waals surface area contributed by atoms with Crippen LogP contribution in [0.1, 0.15) is 31.2 Å². The predicted molar refractivity (Wildman–Crippen MR) is 130 cm³/mol. The van der Waals surface area contributed by atoms with Gasteiger partial charge >= 0.3 is 5.97 Å². The minimum atomic E-state index is -0.443. The fourth-order valence-electron chi connectivity index (χ4n) is 3.76. The van der Waals surface area contributed by atoms with Crippen LogP contribution in [0.15, 0.2) is 67.5 Å². The van der Waals surface area contributed by atoms with E-state index in [1.807, 2.05) is 22.9 Å². The van der Waals surface area contributed by atoms with Gasteiger partial charge in [0.05, 0.1) is 36.4 Å². The quantitative estimate of drug-likeness (QED) is 0.236. The van der Waals surface area contributed by atoms with Crippen LogP contribution in [0, 0.1) is 5.92 Å². The van der Waals surface area contributed by atoms with E-state index in [4.69, 9.17) is 13.6 Å². The van der Waals surface area contributed by atoms with E-state index >= 15 is 0 Å². The Balaban J connectivity index is 1.46. The van der Waals surface area contributed by atoms with Crippen molar-refractivity contribution in [3.8, 4) is 21.5 Å². The van der Waals surface area contributed by atoms with Gasteiger partial charge in [0.1, 0.15) is 0 Å².